The predicted molar refractivity (Wildman–Crippen MR) is 104 cm³/mol. The Hall–Kier alpha value is -3.23. The van der Waals surface area contributed by atoms with Gasteiger partial charge in [-0.2, -0.15) is 5.10 Å². The van der Waals surface area contributed by atoms with Gasteiger partial charge >= 0.3 is 0 Å². The molecule has 9 heteroatoms. The molecule has 2 aromatic rings. The quantitative estimate of drug-likeness (QED) is 0.621. The number of rotatable bonds is 8. The van der Waals surface area contributed by atoms with Gasteiger partial charge in [-0.25, -0.2) is 4.39 Å². The largest absolute Gasteiger partial charge is 0.352 e. The van der Waals surface area contributed by atoms with E-state index in [0.717, 1.165) is 25.7 Å². The lowest BCUT2D eigenvalue weighted by Crippen LogP contribution is -2.35. The summed E-state index contributed by atoms with van der Waals surface area (Å²) in [5, 5.41) is 12.1. The third-order valence-electron chi connectivity index (χ3n) is 4.64. The van der Waals surface area contributed by atoms with Crippen LogP contribution in [-0.2, 0) is 27.3 Å². The monoisotopic (exact) mass is 401 g/mol. The SMILES string of the molecule is O=C(Cc1cccc(F)c1)NCC(=O)Nc1cnn(CC(=O)NC2CCCC2)c1. The van der Waals surface area contributed by atoms with Gasteiger partial charge in [0, 0.05) is 12.2 Å². The van der Waals surface area contributed by atoms with Crippen molar-refractivity contribution in [2.45, 2.75) is 44.7 Å². The smallest absolute Gasteiger partial charge is 0.243 e. The number of halogens is 1. The topological polar surface area (TPSA) is 105 Å². The summed E-state index contributed by atoms with van der Waals surface area (Å²) in [5.41, 5.74) is 0.961. The number of nitrogens with one attached hydrogen (secondary N) is 3. The van der Waals surface area contributed by atoms with Crippen molar-refractivity contribution >= 4 is 23.4 Å². The lowest BCUT2D eigenvalue weighted by molar-refractivity contribution is -0.123. The Labute approximate surface area is 167 Å². The number of hydrogen-bond donors (Lipinski definition) is 3. The second-order valence-corrected chi connectivity index (χ2v) is 7.11. The van der Waals surface area contributed by atoms with Crippen LogP contribution in [0.15, 0.2) is 36.7 Å². The average Bonchev–Trinajstić information content (AvgIpc) is 3.32. The highest BCUT2D eigenvalue weighted by Gasteiger charge is 2.17. The summed E-state index contributed by atoms with van der Waals surface area (Å²) in [7, 11) is 0. The molecule has 1 saturated carbocycles. The van der Waals surface area contributed by atoms with Gasteiger partial charge in [0.1, 0.15) is 12.4 Å². The Morgan fingerprint density at radius 3 is 2.69 bits per heavy atom. The van der Waals surface area contributed by atoms with Crippen LogP contribution < -0.4 is 16.0 Å². The highest BCUT2D eigenvalue weighted by atomic mass is 19.1. The molecule has 0 atom stereocenters. The second kappa shape index (κ2) is 9.81. The van der Waals surface area contributed by atoms with Gasteiger partial charge in [0.25, 0.3) is 0 Å². The molecule has 1 aromatic heterocycles. The van der Waals surface area contributed by atoms with Crippen molar-refractivity contribution in [1.82, 2.24) is 20.4 Å². The third-order valence-corrected chi connectivity index (χ3v) is 4.64. The summed E-state index contributed by atoms with van der Waals surface area (Å²) in [6.07, 6.45) is 7.28. The average molecular weight is 401 g/mol. The van der Waals surface area contributed by atoms with E-state index in [0.29, 0.717) is 11.3 Å². The first-order chi connectivity index (χ1) is 14.0. The van der Waals surface area contributed by atoms with Gasteiger partial charge in [-0.15, -0.1) is 0 Å². The van der Waals surface area contributed by atoms with Crippen molar-refractivity contribution in [2.24, 2.45) is 0 Å². The zero-order valence-corrected chi connectivity index (χ0v) is 16.0. The van der Waals surface area contributed by atoms with Crippen LogP contribution in [0.1, 0.15) is 31.2 Å². The number of carbonyl (C=O) groups excluding carboxylic acids is 3. The van der Waals surface area contributed by atoms with E-state index in [1.54, 1.807) is 12.3 Å². The van der Waals surface area contributed by atoms with Crippen molar-refractivity contribution in [3.05, 3.63) is 48.0 Å². The van der Waals surface area contributed by atoms with Crippen LogP contribution in [0.5, 0.6) is 0 Å². The van der Waals surface area contributed by atoms with Crippen LogP contribution in [0.2, 0.25) is 0 Å². The molecule has 0 spiro atoms. The molecule has 0 bridgehead atoms. The summed E-state index contributed by atoms with van der Waals surface area (Å²) in [4.78, 5) is 35.9. The third kappa shape index (κ3) is 6.70. The minimum atomic E-state index is -0.424. The van der Waals surface area contributed by atoms with Crippen LogP contribution in [0.25, 0.3) is 0 Å². The van der Waals surface area contributed by atoms with E-state index < -0.39 is 11.7 Å². The van der Waals surface area contributed by atoms with Crippen molar-refractivity contribution in [1.29, 1.82) is 0 Å². The highest BCUT2D eigenvalue weighted by Crippen LogP contribution is 2.17. The molecule has 0 saturated heterocycles. The lowest BCUT2D eigenvalue weighted by Gasteiger charge is -2.11. The molecule has 1 aliphatic rings. The van der Waals surface area contributed by atoms with Crippen LogP contribution in [0.3, 0.4) is 0 Å². The first kappa shape index (κ1) is 20.5. The fourth-order valence-electron chi connectivity index (χ4n) is 3.28. The molecule has 3 amide bonds. The molecule has 0 unspecified atom stereocenters. The van der Waals surface area contributed by atoms with E-state index in [4.69, 9.17) is 0 Å². The van der Waals surface area contributed by atoms with Gasteiger partial charge < -0.3 is 16.0 Å². The number of amides is 3. The maximum Gasteiger partial charge on any atom is 0.243 e. The van der Waals surface area contributed by atoms with E-state index in [9.17, 15) is 18.8 Å². The normalized spacial score (nSPS) is 13.8. The zero-order valence-electron chi connectivity index (χ0n) is 16.0. The lowest BCUT2D eigenvalue weighted by atomic mass is 10.1. The first-order valence-corrected chi connectivity index (χ1v) is 9.61. The Bertz CT molecular complexity index is 877. The number of anilines is 1. The van der Waals surface area contributed by atoms with Gasteiger partial charge in [0.2, 0.25) is 17.7 Å². The fraction of sp³-hybridized carbons (Fsp3) is 0.400. The number of nitrogens with zero attached hydrogens (tertiary/aromatic N) is 2. The molecule has 29 heavy (non-hydrogen) atoms. The van der Waals surface area contributed by atoms with Gasteiger partial charge in [-0.05, 0) is 30.5 Å². The molecule has 3 N–H and O–H groups in total. The standard InChI is InChI=1S/C20H24FN5O3/c21-15-5-3-4-14(8-15)9-18(27)22-11-19(28)25-17-10-23-26(12-17)13-20(29)24-16-6-1-2-7-16/h3-5,8,10,12,16H,1-2,6-7,9,11,13H2,(H,22,27)(H,24,29)(H,25,28). The van der Waals surface area contributed by atoms with E-state index in [-0.39, 0.29) is 37.4 Å². The Balaban J connectivity index is 1.39. The summed E-state index contributed by atoms with van der Waals surface area (Å²) < 4.78 is 14.6. The predicted octanol–water partition coefficient (Wildman–Crippen LogP) is 1.38. The maximum absolute atomic E-state index is 13.1. The molecule has 1 heterocycles. The minimum absolute atomic E-state index is 0.0148. The van der Waals surface area contributed by atoms with Crippen LogP contribution in [-0.4, -0.2) is 40.1 Å². The van der Waals surface area contributed by atoms with Crippen molar-refractivity contribution < 1.29 is 18.8 Å². The van der Waals surface area contributed by atoms with Gasteiger partial charge in [0.05, 0.1) is 24.8 Å². The van der Waals surface area contributed by atoms with E-state index >= 15 is 0 Å². The number of benzene rings is 1. The number of carbonyl (C=O) groups is 3. The Kier molecular flexibility index (Phi) is 6.94. The maximum atomic E-state index is 13.1. The molecule has 3 rings (SSSR count). The number of hydrogen-bond acceptors (Lipinski definition) is 4. The summed E-state index contributed by atoms with van der Waals surface area (Å²) in [6, 6.07) is 5.98. The van der Waals surface area contributed by atoms with Crippen molar-refractivity contribution in [2.75, 3.05) is 11.9 Å². The van der Waals surface area contributed by atoms with Crippen LogP contribution in [0.4, 0.5) is 10.1 Å². The molecule has 154 valence electrons. The molecule has 1 aromatic carbocycles. The molecular formula is C20H24FN5O3. The Morgan fingerprint density at radius 1 is 1.14 bits per heavy atom. The van der Waals surface area contributed by atoms with Crippen molar-refractivity contribution in [3.8, 4) is 0 Å². The molecule has 8 nitrogen and oxygen atoms in total. The molecular weight excluding hydrogens is 377 g/mol. The van der Waals surface area contributed by atoms with E-state index in [1.165, 1.54) is 29.1 Å². The van der Waals surface area contributed by atoms with Crippen LogP contribution in [0, 0.1) is 5.82 Å². The van der Waals surface area contributed by atoms with Gasteiger partial charge in [-0.3, -0.25) is 19.1 Å². The number of aromatic nitrogens is 2. The molecule has 0 radical (unpaired) electrons. The van der Waals surface area contributed by atoms with E-state index in [1.807, 2.05) is 0 Å². The zero-order chi connectivity index (χ0) is 20.6. The molecule has 0 aliphatic heterocycles. The van der Waals surface area contributed by atoms with Gasteiger partial charge in [0.15, 0.2) is 0 Å². The summed E-state index contributed by atoms with van der Waals surface area (Å²) in [6.45, 7) is -0.141. The van der Waals surface area contributed by atoms with Crippen molar-refractivity contribution in [3.63, 3.8) is 0 Å². The second-order valence-electron chi connectivity index (χ2n) is 7.11. The highest BCUT2D eigenvalue weighted by molar-refractivity contribution is 5.94. The summed E-state index contributed by atoms with van der Waals surface area (Å²) >= 11 is 0. The van der Waals surface area contributed by atoms with E-state index in [2.05, 4.69) is 21.0 Å². The van der Waals surface area contributed by atoms with Gasteiger partial charge in [-0.1, -0.05) is 25.0 Å². The first-order valence-electron chi connectivity index (χ1n) is 9.61. The Morgan fingerprint density at radius 2 is 1.93 bits per heavy atom. The minimum Gasteiger partial charge on any atom is -0.352 e. The molecule has 1 fully saturated rings. The molecule has 1 aliphatic carbocycles. The van der Waals surface area contributed by atoms with Crippen LogP contribution >= 0.6 is 0 Å². The summed E-state index contributed by atoms with van der Waals surface area (Å²) in [5.74, 6) is -1.33. The fourth-order valence-corrected chi connectivity index (χ4v) is 3.28.